The first-order valence-corrected chi connectivity index (χ1v) is 7.61. The normalized spacial score (nSPS) is 27.4. The van der Waals surface area contributed by atoms with Crippen LogP contribution in [-0.4, -0.2) is 18.3 Å². The summed E-state index contributed by atoms with van der Waals surface area (Å²) in [5, 5.41) is 0. The molecule has 0 N–H and O–H groups in total. The predicted octanol–water partition coefficient (Wildman–Crippen LogP) is 4.81. The lowest BCUT2D eigenvalue weighted by molar-refractivity contribution is 0.00578. The van der Waals surface area contributed by atoms with Crippen LogP contribution in [0.5, 0.6) is 0 Å². The molecule has 1 atom stereocenters. The van der Waals surface area contributed by atoms with Crippen LogP contribution >= 0.6 is 0 Å². The lowest BCUT2D eigenvalue weighted by atomic mass is 9.61. The molecule has 2 aliphatic rings. The maximum absolute atomic E-state index is 12.8. The van der Waals surface area contributed by atoms with Gasteiger partial charge in [-0.05, 0) is 39.7 Å². The van der Waals surface area contributed by atoms with Gasteiger partial charge >= 0.3 is 7.12 Å². The molecule has 0 spiro atoms. The van der Waals surface area contributed by atoms with Crippen molar-refractivity contribution in [1.29, 1.82) is 0 Å². The number of hydrogen-bond acceptors (Lipinski definition) is 2. The molecule has 2 fully saturated rings. The molecule has 0 aromatic rings. The summed E-state index contributed by atoms with van der Waals surface area (Å²) in [5.74, 6) is -0.110. The maximum atomic E-state index is 12.8. The zero-order valence-electron chi connectivity index (χ0n) is 12.9. The van der Waals surface area contributed by atoms with Crippen molar-refractivity contribution in [2.45, 2.75) is 76.8 Å². The summed E-state index contributed by atoms with van der Waals surface area (Å²) in [6.07, 6.45) is 4.82. The number of halogens is 2. The van der Waals surface area contributed by atoms with Gasteiger partial charge in [-0.3, -0.25) is 0 Å². The maximum Gasteiger partial charge on any atom is 0.465 e. The summed E-state index contributed by atoms with van der Waals surface area (Å²) in [5.41, 5.74) is -0.934. The Morgan fingerprint density at radius 3 is 2.00 bits per heavy atom. The van der Waals surface area contributed by atoms with Gasteiger partial charge in [-0.2, -0.15) is 8.78 Å². The second-order valence-electron chi connectivity index (χ2n) is 7.06. The van der Waals surface area contributed by atoms with Gasteiger partial charge in [0.05, 0.1) is 11.2 Å². The van der Waals surface area contributed by atoms with Gasteiger partial charge in [0.15, 0.2) is 0 Å². The Labute approximate surface area is 121 Å². The summed E-state index contributed by atoms with van der Waals surface area (Å²) < 4.78 is 37.6. The Hall–Kier alpha value is -0.415. The minimum Gasteiger partial charge on any atom is -0.403 e. The van der Waals surface area contributed by atoms with Crippen molar-refractivity contribution in [2.24, 2.45) is 5.92 Å². The third kappa shape index (κ3) is 3.25. The van der Waals surface area contributed by atoms with Crippen LogP contribution in [0.2, 0.25) is 5.82 Å². The molecule has 2 nitrogen and oxygen atoms in total. The summed E-state index contributed by atoms with van der Waals surface area (Å²) in [6.45, 7) is 7.84. The first-order valence-electron chi connectivity index (χ1n) is 7.61. The molecule has 0 amide bonds. The third-order valence-corrected chi connectivity index (χ3v) is 5.10. The SMILES string of the molecule is CC1(C)OB(C(C=C(F)F)C2CCCCC2)OC1(C)C. The highest BCUT2D eigenvalue weighted by Gasteiger charge is 2.54. The fraction of sp³-hybridized carbons (Fsp3) is 0.867. The van der Waals surface area contributed by atoms with Gasteiger partial charge < -0.3 is 9.31 Å². The van der Waals surface area contributed by atoms with Crippen molar-refractivity contribution in [3.8, 4) is 0 Å². The average Bonchev–Trinajstić information content (AvgIpc) is 2.56. The van der Waals surface area contributed by atoms with E-state index in [1.54, 1.807) is 0 Å². The van der Waals surface area contributed by atoms with E-state index in [2.05, 4.69) is 0 Å². The second-order valence-corrected chi connectivity index (χ2v) is 7.06. The number of allylic oxidation sites excluding steroid dienone is 1. The molecule has 1 saturated carbocycles. The smallest absolute Gasteiger partial charge is 0.403 e. The van der Waals surface area contributed by atoms with E-state index in [0.717, 1.165) is 31.8 Å². The van der Waals surface area contributed by atoms with Crippen LogP contribution in [-0.2, 0) is 9.31 Å². The minimum atomic E-state index is -1.63. The molecular weight excluding hydrogens is 261 g/mol. The Balaban J connectivity index is 2.18. The van der Waals surface area contributed by atoms with Crippen molar-refractivity contribution < 1.29 is 18.1 Å². The molecule has 0 radical (unpaired) electrons. The number of hydrogen-bond donors (Lipinski definition) is 0. The molecule has 1 unspecified atom stereocenters. The molecule has 114 valence electrons. The highest BCUT2D eigenvalue weighted by molar-refractivity contribution is 6.48. The van der Waals surface area contributed by atoms with Crippen molar-refractivity contribution >= 4 is 7.12 Å². The van der Waals surface area contributed by atoms with E-state index in [0.29, 0.717) is 0 Å². The van der Waals surface area contributed by atoms with Crippen molar-refractivity contribution in [2.75, 3.05) is 0 Å². The highest BCUT2D eigenvalue weighted by atomic mass is 19.3. The van der Waals surface area contributed by atoms with E-state index in [-0.39, 0.29) is 11.7 Å². The van der Waals surface area contributed by atoms with Crippen LogP contribution in [0.1, 0.15) is 59.8 Å². The van der Waals surface area contributed by atoms with E-state index in [1.165, 1.54) is 6.42 Å². The molecular formula is C15H25BF2O2. The zero-order valence-corrected chi connectivity index (χ0v) is 12.9. The number of rotatable bonds is 3. The molecule has 1 aliphatic heterocycles. The molecule has 0 aromatic heterocycles. The molecule has 1 heterocycles. The topological polar surface area (TPSA) is 18.5 Å². The Kier molecular flexibility index (Phi) is 4.60. The van der Waals surface area contributed by atoms with Crippen LogP contribution in [0, 0.1) is 5.92 Å². The summed E-state index contributed by atoms with van der Waals surface area (Å²) in [4.78, 5) is 0. The van der Waals surface area contributed by atoms with E-state index in [9.17, 15) is 8.78 Å². The molecule has 1 saturated heterocycles. The summed E-state index contributed by atoms with van der Waals surface area (Å²) in [7, 11) is -0.565. The van der Waals surface area contributed by atoms with E-state index < -0.39 is 24.4 Å². The third-order valence-electron chi connectivity index (χ3n) is 5.10. The van der Waals surface area contributed by atoms with Gasteiger partial charge in [0.25, 0.3) is 6.08 Å². The summed E-state index contributed by atoms with van der Waals surface area (Å²) in [6, 6.07) is 0. The van der Waals surface area contributed by atoms with Gasteiger partial charge in [-0.15, -0.1) is 0 Å². The second kappa shape index (κ2) is 5.76. The van der Waals surface area contributed by atoms with Crippen LogP contribution in [0.15, 0.2) is 12.2 Å². The molecule has 20 heavy (non-hydrogen) atoms. The van der Waals surface area contributed by atoms with Crippen molar-refractivity contribution in [1.82, 2.24) is 0 Å². The minimum absolute atomic E-state index is 0.236. The highest BCUT2D eigenvalue weighted by Crippen LogP contribution is 2.45. The Bertz CT molecular complexity index is 356. The summed E-state index contributed by atoms with van der Waals surface area (Å²) >= 11 is 0. The van der Waals surface area contributed by atoms with Crippen molar-refractivity contribution in [3.05, 3.63) is 12.2 Å². The quantitative estimate of drug-likeness (QED) is 0.693. The fourth-order valence-electron chi connectivity index (χ4n) is 3.15. The van der Waals surface area contributed by atoms with Crippen LogP contribution in [0.4, 0.5) is 8.78 Å². The largest absolute Gasteiger partial charge is 0.465 e. The van der Waals surface area contributed by atoms with Crippen molar-refractivity contribution in [3.63, 3.8) is 0 Å². The fourth-order valence-corrected chi connectivity index (χ4v) is 3.15. The molecule has 0 bridgehead atoms. The van der Waals surface area contributed by atoms with Gasteiger partial charge in [0.2, 0.25) is 0 Å². The zero-order chi connectivity index (χ0) is 15.0. The van der Waals surface area contributed by atoms with E-state index in [1.807, 2.05) is 27.7 Å². The van der Waals surface area contributed by atoms with Gasteiger partial charge in [-0.25, -0.2) is 0 Å². The van der Waals surface area contributed by atoms with Gasteiger partial charge in [0.1, 0.15) is 0 Å². The Morgan fingerprint density at radius 1 is 1.05 bits per heavy atom. The molecule has 2 rings (SSSR count). The monoisotopic (exact) mass is 286 g/mol. The van der Waals surface area contributed by atoms with Crippen LogP contribution < -0.4 is 0 Å². The first-order chi connectivity index (χ1) is 9.23. The predicted molar refractivity (Wildman–Crippen MR) is 76.7 cm³/mol. The molecule has 5 heteroatoms. The average molecular weight is 286 g/mol. The van der Waals surface area contributed by atoms with Gasteiger partial charge in [0, 0.05) is 5.82 Å². The first kappa shape index (κ1) is 16.0. The van der Waals surface area contributed by atoms with E-state index in [4.69, 9.17) is 9.31 Å². The van der Waals surface area contributed by atoms with Crippen LogP contribution in [0.25, 0.3) is 0 Å². The van der Waals surface area contributed by atoms with Crippen LogP contribution in [0.3, 0.4) is 0 Å². The molecule has 0 aromatic carbocycles. The van der Waals surface area contributed by atoms with E-state index >= 15 is 0 Å². The lowest BCUT2D eigenvalue weighted by Crippen LogP contribution is -2.41. The lowest BCUT2D eigenvalue weighted by Gasteiger charge is -2.32. The standard InChI is InChI=1S/C15H25BF2O2/c1-14(2)15(3,4)20-16(19-14)12(10-13(17)18)11-8-6-5-7-9-11/h10-12H,5-9H2,1-4H3. The Morgan fingerprint density at radius 2 is 1.55 bits per heavy atom. The van der Waals surface area contributed by atoms with Gasteiger partial charge in [-0.1, -0.05) is 32.1 Å². The molecule has 1 aliphatic carbocycles.